The van der Waals surface area contributed by atoms with Crippen LogP contribution in [-0.4, -0.2) is 16.0 Å². The third-order valence-corrected chi connectivity index (χ3v) is 2.10. The lowest BCUT2D eigenvalue weighted by molar-refractivity contribution is 0.736. The van der Waals surface area contributed by atoms with Crippen molar-refractivity contribution in [1.82, 2.24) is 9.97 Å². The Morgan fingerprint density at radius 3 is 3.00 bits per heavy atom. The first-order valence-electron chi connectivity index (χ1n) is 4.93. The van der Waals surface area contributed by atoms with Crippen molar-refractivity contribution in [2.24, 2.45) is 0 Å². The number of anilines is 1. The van der Waals surface area contributed by atoms with Crippen LogP contribution in [0.4, 0.5) is 5.82 Å². The van der Waals surface area contributed by atoms with Crippen molar-refractivity contribution in [3.8, 4) is 0 Å². The Morgan fingerprint density at radius 1 is 1.64 bits per heavy atom. The van der Waals surface area contributed by atoms with Gasteiger partial charge in [-0.25, -0.2) is 9.97 Å². The fourth-order valence-electron chi connectivity index (χ4n) is 1.29. The quantitative estimate of drug-likeness (QED) is 0.727. The molecule has 0 fully saturated rings. The molecule has 1 atom stereocenters. The molecule has 3 nitrogen and oxygen atoms in total. The predicted molar refractivity (Wildman–Crippen MR) is 59.3 cm³/mol. The van der Waals surface area contributed by atoms with Gasteiger partial charge in [0.1, 0.15) is 12.1 Å². The first-order chi connectivity index (χ1) is 6.77. The topological polar surface area (TPSA) is 37.8 Å². The summed E-state index contributed by atoms with van der Waals surface area (Å²) >= 11 is 0. The van der Waals surface area contributed by atoms with E-state index >= 15 is 0 Å². The van der Waals surface area contributed by atoms with Crippen LogP contribution in [-0.2, 0) is 0 Å². The Balaban J connectivity index is 2.66. The monoisotopic (exact) mass is 191 g/mol. The van der Waals surface area contributed by atoms with Crippen LogP contribution in [0, 0.1) is 6.92 Å². The average molecular weight is 191 g/mol. The van der Waals surface area contributed by atoms with Crippen molar-refractivity contribution >= 4 is 5.82 Å². The van der Waals surface area contributed by atoms with Crippen molar-refractivity contribution in [2.75, 3.05) is 5.32 Å². The van der Waals surface area contributed by atoms with Crippen LogP contribution in [0.1, 0.15) is 25.3 Å². The number of aryl methyl sites for hydroxylation is 1. The van der Waals surface area contributed by atoms with Gasteiger partial charge in [0.15, 0.2) is 0 Å². The van der Waals surface area contributed by atoms with E-state index in [0.29, 0.717) is 6.04 Å². The Bertz CT molecular complexity index is 296. The maximum absolute atomic E-state index is 4.18. The molecule has 0 aromatic carbocycles. The van der Waals surface area contributed by atoms with Gasteiger partial charge in [0.2, 0.25) is 0 Å². The Hall–Kier alpha value is -1.38. The summed E-state index contributed by atoms with van der Waals surface area (Å²) in [6, 6.07) is 0.300. The van der Waals surface area contributed by atoms with Gasteiger partial charge in [0, 0.05) is 17.8 Å². The molecule has 1 unspecified atom stereocenters. The Labute approximate surface area is 85.3 Å². The number of nitrogens with one attached hydrogen (secondary N) is 1. The Kier molecular flexibility index (Phi) is 4.11. The summed E-state index contributed by atoms with van der Waals surface area (Å²) in [5, 5.41) is 3.33. The van der Waals surface area contributed by atoms with Crippen LogP contribution in [0.5, 0.6) is 0 Å². The first-order valence-corrected chi connectivity index (χ1v) is 4.93. The molecular formula is C11H17N3. The molecule has 0 aliphatic heterocycles. The largest absolute Gasteiger partial charge is 0.364 e. The molecule has 1 aromatic heterocycles. The molecule has 0 spiro atoms. The molecule has 1 rings (SSSR count). The normalized spacial score (nSPS) is 12.1. The number of aromatic nitrogens is 2. The highest BCUT2D eigenvalue weighted by molar-refractivity contribution is 5.42. The zero-order valence-corrected chi connectivity index (χ0v) is 8.83. The van der Waals surface area contributed by atoms with Gasteiger partial charge in [0.25, 0.3) is 0 Å². The third-order valence-electron chi connectivity index (χ3n) is 2.10. The van der Waals surface area contributed by atoms with Gasteiger partial charge >= 0.3 is 0 Å². The molecule has 0 saturated carbocycles. The number of hydrogen-bond donors (Lipinski definition) is 1. The molecule has 76 valence electrons. The second-order valence-corrected chi connectivity index (χ2v) is 3.33. The molecule has 0 saturated heterocycles. The number of rotatable bonds is 5. The van der Waals surface area contributed by atoms with E-state index in [1.54, 1.807) is 12.5 Å². The van der Waals surface area contributed by atoms with Gasteiger partial charge in [-0.05, 0) is 13.3 Å². The first kappa shape index (κ1) is 10.7. The lowest BCUT2D eigenvalue weighted by Gasteiger charge is -2.15. The summed E-state index contributed by atoms with van der Waals surface area (Å²) in [6.45, 7) is 7.95. The van der Waals surface area contributed by atoms with Crippen molar-refractivity contribution < 1.29 is 0 Å². The summed E-state index contributed by atoms with van der Waals surface area (Å²) in [4.78, 5) is 8.13. The minimum Gasteiger partial charge on any atom is -0.364 e. The Morgan fingerprint density at radius 2 is 2.43 bits per heavy atom. The van der Waals surface area contributed by atoms with Crippen LogP contribution in [0.3, 0.4) is 0 Å². The van der Waals surface area contributed by atoms with Crippen molar-refractivity contribution in [1.29, 1.82) is 0 Å². The minimum atomic E-state index is 0.300. The molecule has 0 amide bonds. The summed E-state index contributed by atoms with van der Waals surface area (Å²) < 4.78 is 0. The molecule has 14 heavy (non-hydrogen) atoms. The molecule has 3 heteroatoms. The van der Waals surface area contributed by atoms with E-state index in [0.717, 1.165) is 24.2 Å². The van der Waals surface area contributed by atoms with Gasteiger partial charge in [-0.15, -0.1) is 6.58 Å². The molecule has 0 bridgehead atoms. The van der Waals surface area contributed by atoms with E-state index in [1.807, 2.05) is 13.0 Å². The van der Waals surface area contributed by atoms with Gasteiger partial charge in [-0.2, -0.15) is 0 Å². The number of hydrogen-bond acceptors (Lipinski definition) is 3. The minimum absolute atomic E-state index is 0.300. The SMILES string of the molecule is C=CC(CCC)Nc1ncncc1C. The summed E-state index contributed by atoms with van der Waals surface area (Å²) in [6.07, 6.45) is 7.49. The number of nitrogens with zero attached hydrogens (tertiary/aromatic N) is 2. The predicted octanol–water partition coefficient (Wildman–Crippen LogP) is 2.55. The molecule has 0 aliphatic rings. The standard InChI is InChI=1S/C11H17N3/c1-4-6-10(5-2)14-11-9(3)7-12-8-13-11/h5,7-8,10H,2,4,6H2,1,3H3,(H,12,13,14). The molecule has 1 heterocycles. The highest BCUT2D eigenvalue weighted by Crippen LogP contribution is 2.11. The zero-order chi connectivity index (χ0) is 10.4. The summed E-state index contributed by atoms with van der Waals surface area (Å²) in [5.74, 6) is 0.901. The molecular weight excluding hydrogens is 174 g/mol. The van der Waals surface area contributed by atoms with Gasteiger partial charge in [0.05, 0.1) is 0 Å². The van der Waals surface area contributed by atoms with E-state index in [2.05, 4.69) is 28.8 Å². The van der Waals surface area contributed by atoms with E-state index in [9.17, 15) is 0 Å². The van der Waals surface area contributed by atoms with Crippen molar-refractivity contribution in [2.45, 2.75) is 32.7 Å². The van der Waals surface area contributed by atoms with Crippen LogP contribution in [0.15, 0.2) is 25.2 Å². The second kappa shape index (κ2) is 5.37. The fraction of sp³-hybridized carbons (Fsp3) is 0.455. The smallest absolute Gasteiger partial charge is 0.132 e. The van der Waals surface area contributed by atoms with Crippen LogP contribution in [0.25, 0.3) is 0 Å². The van der Waals surface area contributed by atoms with Gasteiger partial charge in [-0.1, -0.05) is 19.4 Å². The summed E-state index contributed by atoms with van der Waals surface area (Å²) in [5.41, 5.74) is 1.07. The molecule has 0 radical (unpaired) electrons. The maximum Gasteiger partial charge on any atom is 0.132 e. The fourth-order valence-corrected chi connectivity index (χ4v) is 1.29. The van der Waals surface area contributed by atoms with Crippen molar-refractivity contribution in [3.63, 3.8) is 0 Å². The highest BCUT2D eigenvalue weighted by atomic mass is 15.0. The van der Waals surface area contributed by atoms with Gasteiger partial charge < -0.3 is 5.32 Å². The third kappa shape index (κ3) is 2.83. The van der Waals surface area contributed by atoms with Gasteiger partial charge in [-0.3, -0.25) is 0 Å². The van der Waals surface area contributed by atoms with Crippen LogP contribution in [0.2, 0.25) is 0 Å². The maximum atomic E-state index is 4.18. The van der Waals surface area contributed by atoms with E-state index in [4.69, 9.17) is 0 Å². The lowest BCUT2D eigenvalue weighted by Crippen LogP contribution is -2.17. The van der Waals surface area contributed by atoms with Crippen molar-refractivity contribution in [3.05, 3.63) is 30.7 Å². The van der Waals surface area contributed by atoms with E-state index in [1.165, 1.54) is 0 Å². The average Bonchev–Trinajstić information content (AvgIpc) is 2.20. The molecule has 0 aliphatic carbocycles. The highest BCUT2D eigenvalue weighted by Gasteiger charge is 2.05. The van der Waals surface area contributed by atoms with E-state index in [-0.39, 0.29) is 0 Å². The van der Waals surface area contributed by atoms with Crippen LogP contribution < -0.4 is 5.32 Å². The second-order valence-electron chi connectivity index (χ2n) is 3.33. The lowest BCUT2D eigenvalue weighted by atomic mass is 10.1. The summed E-state index contributed by atoms with van der Waals surface area (Å²) in [7, 11) is 0. The van der Waals surface area contributed by atoms with Crippen LogP contribution >= 0.6 is 0 Å². The zero-order valence-electron chi connectivity index (χ0n) is 8.83. The molecule has 1 N–H and O–H groups in total. The molecule has 1 aromatic rings. The van der Waals surface area contributed by atoms with E-state index < -0.39 is 0 Å².